The Labute approximate surface area is 215 Å². The van der Waals surface area contributed by atoms with Crippen molar-refractivity contribution in [3.63, 3.8) is 0 Å². The van der Waals surface area contributed by atoms with Crippen molar-refractivity contribution in [2.45, 2.75) is 25.7 Å². The van der Waals surface area contributed by atoms with Gasteiger partial charge in [0.2, 0.25) is 11.8 Å². The fourth-order valence-electron chi connectivity index (χ4n) is 6.61. The zero-order chi connectivity index (χ0) is 25.7. The van der Waals surface area contributed by atoms with Gasteiger partial charge in [0.1, 0.15) is 0 Å². The van der Waals surface area contributed by atoms with Gasteiger partial charge in [-0.25, -0.2) is 4.79 Å². The van der Waals surface area contributed by atoms with Crippen molar-refractivity contribution < 1.29 is 23.9 Å². The van der Waals surface area contributed by atoms with Crippen LogP contribution in [0.3, 0.4) is 0 Å². The molecular weight excluding hydrogens is 466 g/mol. The molecule has 37 heavy (non-hydrogen) atoms. The van der Waals surface area contributed by atoms with Gasteiger partial charge >= 0.3 is 5.97 Å². The Morgan fingerprint density at radius 3 is 2.32 bits per heavy atom. The molecule has 3 fully saturated rings. The molecule has 186 valence electrons. The van der Waals surface area contributed by atoms with Gasteiger partial charge in [-0.1, -0.05) is 66.2 Å². The standard InChI is InChI=1S/C31H27NO5/c1-18-10-12-20(13-11-18)26(33)17-37-31(36)21-8-5-9-23(14-21)32-29(34)27-22-15-24(19-6-3-2-4-7-19)25(16-22)28(27)30(32)35/h2-14,22,24-25,27-28H,15-17H2,1H3. The minimum absolute atomic E-state index is 0.153. The summed E-state index contributed by atoms with van der Waals surface area (Å²) in [4.78, 5) is 53.4. The highest BCUT2D eigenvalue weighted by atomic mass is 16.5. The van der Waals surface area contributed by atoms with Crippen molar-refractivity contribution in [1.29, 1.82) is 0 Å². The average molecular weight is 494 g/mol. The second-order valence-electron chi connectivity index (χ2n) is 10.4. The molecule has 0 aromatic heterocycles. The van der Waals surface area contributed by atoms with E-state index in [0.29, 0.717) is 11.3 Å². The lowest BCUT2D eigenvalue weighted by Gasteiger charge is -2.28. The molecule has 1 saturated heterocycles. The number of carbonyl (C=O) groups excluding carboxylic acids is 4. The largest absolute Gasteiger partial charge is 0.454 e. The van der Waals surface area contributed by atoms with Crippen LogP contribution in [0.15, 0.2) is 78.9 Å². The van der Waals surface area contributed by atoms with Crippen LogP contribution in [0.4, 0.5) is 5.69 Å². The number of Topliss-reactive ketones (excluding diaryl/α,β-unsaturated/α-hetero) is 1. The first-order chi connectivity index (χ1) is 17.9. The molecule has 5 unspecified atom stereocenters. The first-order valence-electron chi connectivity index (χ1n) is 12.7. The number of amides is 2. The number of benzene rings is 3. The number of hydrogen-bond acceptors (Lipinski definition) is 5. The van der Waals surface area contributed by atoms with Gasteiger partial charge in [-0.3, -0.25) is 19.3 Å². The highest BCUT2D eigenvalue weighted by Crippen LogP contribution is 2.61. The van der Waals surface area contributed by atoms with E-state index in [-0.39, 0.29) is 59.4 Å². The van der Waals surface area contributed by atoms with E-state index in [2.05, 4.69) is 12.1 Å². The molecule has 5 atom stereocenters. The van der Waals surface area contributed by atoms with Crippen molar-refractivity contribution in [2.24, 2.45) is 23.7 Å². The van der Waals surface area contributed by atoms with Gasteiger partial charge in [-0.05, 0) is 61.3 Å². The van der Waals surface area contributed by atoms with Gasteiger partial charge in [-0.15, -0.1) is 0 Å². The molecule has 0 radical (unpaired) electrons. The Morgan fingerprint density at radius 2 is 1.57 bits per heavy atom. The summed E-state index contributed by atoms with van der Waals surface area (Å²) in [6.07, 6.45) is 1.83. The second kappa shape index (κ2) is 9.11. The third-order valence-electron chi connectivity index (χ3n) is 8.29. The number of aryl methyl sites for hydroxylation is 1. The molecule has 3 aliphatic rings. The minimum Gasteiger partial charge on any atom is -0.454 e. The highest BCUT2D eigenvalue weighted by Gasteiger charge is 2.64. The van der Waals surface area contributed by atoms with Crippen molar-refractivity contribution in [3.8, 4) is 0 Å². The molecule has 2 amide bonds. The van der Waals surface area contributed by atoms with Crippen molar-refractivity contribution in [3.05, 3.63) is 101 Å². The molecule has 6 nitrogen and oxygen atoms in total. The zero-order valence-electron chi connectivity index (χ0n) is 20.5. The number of ether oxygens (including phenoxy) is 1. The molecule has 3 aromatic carbocycles. The van der Waals surface area contributed by atoms with E-state index >= 15 is 0 Å². The molecule has 1 heterocycles. The Balaban J connectivity index is 1.18. The topological polar surface area (TPSA) is 80.8 Å². The van der Waals surface area contributed by atoms with Gasteiger partial charge in [0.25, 0.3) is 0 Å². The Hall–Kier alpha value is -4.06. The van der Waals surface area contributed by atoms with Gasteiger partial charge in [0.05, 0.1) is 23.1 Å². The monoisotopic (exact) mass is 493 g/mol. The number of carbonyl (C=O) groups is 4. The Morgan fingerprint density at radius 1 is 0.838 bits per heavy atom. The summed E-state index contributed by atoms with van der Waals surface area (Å²) in [7, 11) is 0. The summed E-state index contributed by atoms with van der Waals surface area (Å²) in [5, 5.41) is 0. The smallest absolute Gasteiger partial charge is 0.338 e. The first kappa shape index (κ1) is 23.3. The second-order valence-corrected chi connectivity index (χ2v) is 10.4. The lowest BCUT2D eigenvalue weighted by molar-refractivity contribution is -0.123. The van der Waals surface area contributed by atoms with Crippen LogP contribution in [0.5, 0.6) is 0 Å². The number of fused-ring (bicyclic) bond motifs is 5. The number of anilines is 1. The van der Waals surface area contributed by atoms with E-state index in [9.17, 15) is 19.2 Å². The van der Waals surface area contributed by atoms with Crippen molar-refractivity contribution in [2.75, 3.05) is 11.5 Å². The van der Waals surface area contributed by atoms with Crippen LogP contribution in [0.1, 0.15) is 50.6 Å². The molecule has 3 aromatic rings. The zero-order valence-corrected chi connectivity index (χ0v) is 20.5. The molecule has 2 aliphatic carbocycles. The summed E-state index contributed by atoms with van der Waals surface area (Å²) >= 11 is 0. The fourth-order valence-corrected chi connectivity index (χ4v) is 6.61. The quantitative estimate of drug-likeness (QED) is 0.275. The first-order valence-corrected chi connectivity index (χ1v) is 12.7. The van der Waals surface area contributed by atoms with Crippen LogP contribution in [-0.4, -0.2) is 30.2 Å². The molecular formula is C31H27NO5. The Bertz CT molecular complexity index is 1400. The summed E-state index contributed by atoms with van der Waals surface area (Å²) in [5.74, 6) is -1.30. The van der Waals surface area contributed by atoms with Gasteiger partial charge in [-0.2, -0.15) is 0 Å². The summed E-state index contributed by atoms with van der Waals surface area (Å²) in [6.45, 7) is 1.54. The molecule has 0 spiro atoms. The number of imide groups is 1. The van der Waals surface area contributed by atoms with E-state index < -0.39 is 5.97 Å². The molecule has 6 heteroatoms. The maximum Gasteiger partial charge on any atom is 0.338 e. The minimum atomic E-state index is -0.675. The fraction of sp³-hybridized carbons (Fsp3) is 0.290. The van der Waals surface area contributed by atoms with E-state index in [1.165, 1.54) is 16.5 Å². The van der Waals surface area contributed by atoms with Crippen LogP contribution in [0.2, 0.25) is 0 Å². The molecule has 2 bridgehead atoms. The van der Waals surface area contributed by atoms with E-state index in [1.54, 1.807) is 30.3 Å². The maximum absolute atomic E-state index is 13.6. The number of rotatable bonds is 6. The lowest BCUT2D eigenvalue weighted by atomic mass is 9.73. The Kier molecular flexibility index (Phi) is 5.75. The molecule has 1 aliphatic heterocycles. The predicted molar refractivity (Wildman–Crippen MR) is 137 cm³/mol. The lowest BCUT2D eigenvalue weighted by Crippen LogP contribution is -2.33. The molecule has 2 saturated carbocycles. The van der Waals surface area contributed by atoms with E-state index in [1.807, 2.05) is 37.3 Å². The van der Waals surface area contributed by atoms with Crippen LogP contribution in [-0.2, 0) is 14.3 Å². The number of hydrogen-bond donors (Lipinski definition) is 0. The highest BCUT2D eigenvalue weighted by molar-refractivity contribution is 6.23. The van der Waals surface area contributed by atoms with Gasteiger partial charge in [0, 0.05) is 5.56 Å². The summed E-state index contributed by atoms with van der Waals surface area (Å²) < 4.78 is 5.25. The van der Waals surface area contributed by atoms with Crippen LogP contribution in [0, 0.1) is 30.6 Å². The van der Waals surface area contributed by atoms with Gasteiger partial charge < -0.3 is 4.74 Å². The van der Waals surface area contributed by atoms with E-state index in [0.717, 1.165) is 18.4 Å². The summed E-state index contributed by atoms with van der Waals surface area (Å²) in [6, 6.07) is 23.7. The third kappa shape index (κ3) is 3.97. The van der Waals surface area contributed by atoms with Crippen LogP contribution >= 0.6 is 0 Å². The normalized spacial score (nSPS) is 25.9. The third-order valence-corrected chi connectivity index (χ3v) is 8.29. The van der Waals surface area contributed by atoms with Crippen molar-refractivity contribution >= 4 is 29.3 Å². The van der Waals surface area contributed by atoms with Crippen LogP contribution in [0.25, 0.3) is 0 Å². The van der Waals surface area contributed by atoms with E-state index in [4.69, 9.17) is 4.74 Å². The SMILES string of the molecule is Cc1ccc(C(=O)COC(=O)c2cccc(N3C(=O)C4C5CC(c6ccccc6)C(C5)C4C3=O)c2)cc1. The van der Waals surface area contributed by atoms with Gasteiger partial charge in [0.15, 0.2) is 12.4 Å². The van der Waals surface area contributed by atoms with Crippen molar-refractivity contribution in [1.82, 2.24) is 0 Å². The molecule has 0 N–H and O–H groups in total. The number of ketones is 1. The summed E-state index contributed by atoms with van der Waals surface area (Å²) in [5.41, 5.74) is 3.30. The number of esters is 1. The number of nitrogens with zero attached hydrogens (tertiary/aromatic N) is 1. The predicted octanol–water partition coefficient (Wildman–Crippen LogP) is 4.96. The van der Waals surface area contributed by atoms with Crippen LogP contribution < -0.4 is 4.90 Å². The molecule has 6 rings (SSSR count). The average Bonchev–Trinajstić information content (AvgIpc) is 3.59. The maximum atomic E-state index is 13.6.